The van der Waals surface area contributed by atoms with Gasteiger partial charge in [0.15, 0.2) is 6.29 Å². The highest BCUT2D eigenvalue weighted by molar-refractivity contribution is 4.47. The molecule has 0 heterocycles. The molecule has 0 saturated carbocycles. The second kappa shape index (κ2) is 6.58. The molecule has 0 spiro atoms. The minimum atomic E-state index is -0.165. The van der Waals surface area contributed by atoms with E-state index in [4.69, 9.17) is 14.6 Å². The lowest BCUT2D eigenvalue weighted by atomic mass is 10.3. The smallest absolute Gasteiger partial charge is 0.157 e. The summed E-state index contributed by atoms with van der Waals surface area (Å²) in [6.07, 6.45) is 1.50. The number of hydrogen-bond donors (Lipinski definition) is 1. The molecule has 0 aromatic rings. The van der Waals surface area contributed by atoms with Crippen molar-refractivity contribution in [1.82, 2.24) is 0 Å². The lowest BCUT2D eigenvalue weighted by Crippen LogP contribution is -2.20. The zero-order chi connectivity index (χ0) is 8.69. The van der Waals surface area contributed by atoms with Crippen molar-refractivity contribution >= 4 is 0 Å². The Morgan fingerprint density at radius 2 is 2.00 bits per heavy atom. The molecule has 0 aliphatic carbocycles. The maximum atomic E-state index is 8.53. The second-order valence-electron chi connectivity index (χ2n) is 2.72. The van der Waals surface area contributed by atoms with Crippen LogP contribution < -0.4 is 0 Å². The Labute approximate surface area is 68.3 Å². The van der Waals surface area contributed by atoms with Crippen molar-refractivity contribution in [3.8, 4) is 0 Å². The van der Waals surface area contributed by atoms with E-state index in [1.165, 1.54) is 0 Å². The van der Waals surface area contributed by atoms with Crippen LogP contribution in [-0.4, -0.2) is 31.2 Å². The fraction of sp³-hybridized carbons (Fsp3) is 1.00. The minimum Gasteiger partial charge on any atom is -0.396 e. The van der Waals surface area contributed by atoms with Crippen LogP contribution in [0.4, 0.5) is 0 Å². The third kappa shape index (κ3) is 6.28. The van der Waals surface area contributed by atoms with E-state index in [-0.39, 0.29) is 19.0 Å². The number of hydrogen-bond acceptors (Lipinski definition) is 3. The molecule has 1 atom stereocenters. The average molecular weight is 162 g/mol. The fourth-order valence-electron chi connectivity index (χ4n) is 0.803. The molecule has 3 nitrogen and oxygen atoms in total. The first-order chi connectivity index (χ1) is 5.20. The molecule has 68 valence electrons. The molecular formula is C8H18O3. The van der Waals surface area contributed by atoms with Gasteiger partial charge in [-0.2, -0.15) is 0 Å². The number of methoxy groups -OCH3 is 1. The van der Waals surface area contributed by atoms with Crippen molar-refractivity contribution in [2.24, 2.45) is 0 Å². The standard InChI is InChI=1S/C8H18O3/c1-7(2)11-8(10-3)5-4-6-9/h7-9H,4-6H2,1-3H3. The van der Waals surface area contributed by atoms with Gasteiger partial charge in [-0.1, -0.05) is 0 Å². The van der Waals surface area contributed by atoms with Gasteiger partial charge in [0.25, 0.3) is 0 Å². The van der Waals surface area contributed by atoms with E-state index in [1.54, 1.807) is 7.11 Å². The van der Waals surface area contributed by atoms with Crippen LogP contribution in [0.1, 0.15) is 26.7 Å². The van der Waals surface area contributed by atoms with E-state index in [9.17, 15) is 0 Å². The first-order valence-corrected chi connectivity index (χ1v) is 3.99. The molecule has 3 heteroatoms. The maximum absolute atomic E-state index is 8.53. The first kappa shape index (κ1) is 10.9. The Morgan fingerprint density at radius 1 is 1.36 bits per heavy atom. The summed E-state index contributed by atoms with van der Waals surface area (Å²) in [5.74, 6) is 0. The van der Waals surface area contributed by atoms with E-state index in [1.807, 2.05) is 13.8 Å². The molecule has 0 aliphatic heterocycles. The summed E-state index contributed by atoms with van der Waals surface area (Å²) < 4.78 is 10.4. The third-order valence-corrected chi connectivity index (χ3v) is 1.28. The molecule has 11 heavy (non-hydrogen) atoms. The summed E-state index contributed by atoms with van der Waals surface area (Å²) in [5.41, 5.74) is 0. The highest BCUT2D eigenvalue weighted by atomic mass is 16.7. The van der Waals surface area contributed by atoms with Gasteiger partial charge >= 0.3 is 0 Å². The zero-order valence-corrected chi connectivity index (χ0v) is 7.54. The molecule has 0 radical (unpaired) electrons. The molecule has 0 aromatic carbocycles. The van der Waals surface area contributed by atoms with Crippen molar-refractivity contribution in [3.63, 3.8) is 0 Å². The SMILES string of the molecule is COC(CCCO)OC(C)C. The van der Waals surface area contributed by atoms with E-state index in [0.29, 0.717) is 0 Å². The molecular weight excluding hydrogens is 144 g/mol. The van der Waals surface area contributed by atoms with Gasteiger partial charge in [0.05, 0.1) is 6.10 Å². The Bertz CT molecular complexity index is 83.4. The van der Waals surface area contributed by atoms with Crippen LogP contribution in [0.25, 0.3) is 0 Å². The summed E-state index contributed by atoms with van der Waals surface area (Å²) in [6.45, 7) is 4.12. The van der Waals surface area contributed by atoms with Crippen molar-refractivity contribution < 1.29 is 14.6 Å². The lowest BCUT2D eigenvalue weighted by molar-refractivity contribution is -0.150. The molecule has 0 aliphatic rings. The van der Waals surface area contributed by atoms with Gasteiger partial charge in [0, 0.05) is 20.1 Å². The van der Waals surface area contributed by atoms with Crippen molar-refractivity contribution in [3.05, 3.63) is 0 Å². The summed E-state index contributed by atoms with van der Waals surface area (Å²) in [7, 11) is 1.62. The summed E-state index contributed by atoms with van der Waals surface area (Å²) in [6, 6.07) is 0. The minimum absolute atomic E-state index is 0.165. The molecule has 0 aromatic heterocycles. The van der Waals surface area contributed by atoms with Gasteiger partial charge in [0.1, 0.15) is 0 Å². The highest BCUT2D eigenvalue weighted by Crippen LogP contribution is 2.05. The topological polar surface area (TPSA) is 38.7 Å². The molecule has 1 unspecified atom stereocenters. The van der Waals surface area contributed by atoms with Crippen LogP contribution >= 0.6 is 0 Å². The van der Waals surface area contributed by atoms with Crippen LogP contribution in [0, 0.1) is 0 Å². The van der Waals surface area contributed by atoms with Crippen molar-refractivity contribution in [2.75, 3.05) is 13.7 Å². The summed E-state index contributed by atoms with van der Waals surface area (Å²) in [5, 5.41) is 8.53. The molecule has 0 amide bonds. The molecule has 0 rings (SSSR count). The van der Waals surface area contributed by atoms with Gasteiger partial charge in [-0.3, -0.25) is 0 Å². The van der Waals surface area contributed by atoms with Gasteiger partial charge in [-0.25, -0.2) is 0 Å². The molecule has 0 saturated heterocycles. The monoisotopic (exact) mass is 162 g/mol. The Kier molecular flexibility index (Phi) is 6.51. The van der Waals surface area contributed by atoms with Gasteiger partial charge in [-0.05, 0) is 20.3 Å². The third-order valence-electron chi connectivity index (χ3n) is 1.28. The van der Waals surface area contributed by atoms with Crippen LogP contribution in [-0.2, 0) is 9.47 Å². The van der Waals surface area contributed by atoms with Gasteiger partial charge in [0.2, 0.25) is 0 Å². The second-order valence-corrected chi connectivity index (χ2v) is 2.72. The van der Waals surface area contributed by atoms with E-state index in [0.717, 1.165) is 12.8 Å². The predicted octanol–water partition coefficient (Wildman–Crippen LogP) is 1.16. The number of ether oxygens (including phenoxy) is 2. The number of rotatable bonds is 6. The van der Waals surface area contributed by atoms with Gasteiger partial charge < -0.3 is 14.6 Å². The number of aliphatic hydroxyl groups is 1. The average Bonchev–Trinajstić information content (AvgIpc) is 1.97. The number of aliphatic hydroxyl groups excluding tert-OH is 1. The van der Waals surface area contributed by atoms with Crippen LogP contribution in [0.5, 0.6) is 0 Å². The summed E-state index contributed by atoms with van der Waals surface area (Å²) >= 11 is 0. The largest absolute Gasteiger partial charge is 0.396 e. The van der Waals surface area contributed by atoms with Gasteiger partial charge in [-0.15, -0.1) is 0 Å². The maximum Gasteiger partial charge on any atom is 0.157 e. The van der Waals surface area contributed by atoms with Crippen LogP contribution in [0.3, 0.4) is 0 Å². The van der Waals surface area contributed by atoms with Crippen molar-refractivity contribution in [1.29, 1.82) is 0 Å². The van der Waals surface area contributed by atoms with Crippen LogP contribution in [0.2, 0.25) is 0 Å². The predicted molar refractivity (Wildman–Crippen MR) is 43.3 cm³/mol. The van der Waals surface area contributed by atoms with E-state index >= 15 is 0 Å². The fourth-order valence-corrected chi connectivity index (χ4v) is 0.803. The Hall–Kier alpha value is -0.120. The molecule has 1 N–H and O–H groups in total. The highest BCUT2D eigenvalue weighted by Gasteiger charge is 2.07. The van der Waals surface area contributed by atoms with E-state index in [2.05, 4.69) is 0 Å². The Morgan fingerprint density at radius 3 is 2.36 bits per heavy atom. The Balaban J connectivity index is 3.41. The van der Waals surface area contributed by atoms with Crippen molar-refractivity contribution in [2.45, 2.75) is 39.1 Å². The quantitative estimate of drug-likeness (QED) is 0.595. The lowest BCUT2D eigenvalue weighted by Gasteiger charge is -2.17. The van der Waals surface area contributed by atoms with E-state index < -0.39 is 0 Å². The van der Waals surface area contributed by atoms with Crippen LogP contribution in [0.15, 0.2) is 0 Å². The zero-order valence-electron chi connectivity index (χ0n) is 7.54. The molecule has 0 bridgehead atoms. The first-order valence-electron chi connectivity index (χ1n) is 3.99. The normalized spacial score (nSPS) is 13.9. The molecule has 0 fully saturated rings. The summed E-state index contributed by atoms with van der Waals surface area (Å²) in [4.78, 5) is 0.